The summed E-state index contributed by atoms with van der Waals surface area (Å²) in [6, 6.07) is 5.22. The molecular formula is C19H22N6O3. The molecule has 1 saturated heterocycles. The SMILES string of the molecule is COc1ccc(NC(=O)Cn2ncc3c(N4CCCC4)ncnc32)c(OC)c1. The fourth-order valence-electron chi connectivity index (χ4n) is 3.40. The molecule has 4 rings (SSSR count). The lowest BCUT2D eigenvalue weighted by Gasteiger charge is -2.16. The lowest BCUT2D eigenvalue weighted by Crippen LogP contribution is -2.21. The van der Waals surface area contributed by atoms with Crippen molar-refractivity contribution in [2.24, 2.45) is 0 Å². The molecule has 0 radical (unpaired) electrons. The smallest absolute Gasteiger partial charge is 0.246 e. The Morgan fingerprint density at radius 1 is 1.18 bits per heavy atom. The van der Waals surface area contributed by atoms with Gasteiger partial charge in [-0.2, -0.15) is 5.10 Å². The van der Waals surface area contributed by atoms with Crippen molar-refractivity contribution in [1.82, 2.24) is 19.7 Å². The third-order valence-electron chi connectivity index (χ3n) is 4.79. The van der Waals surface area contributed by atoms with Gasteiger partial charge in [-0.1, -0.05) is 0 Å². The Bertz CT molecular complexity index is 996. The number of nitrogens with zero attached hydrogens (tertiary/aromatic N) is 5. The number of carbonyl (C=O) groups is 1. The molecule has 28 heavy (non-hydrogen) atoms. The fraction of sp³-hybridized carbons (Fsp3) is 0.368. The summed E-state index contributed by atoms with van der Waals surface area (Å²) >= 11 is 0. The minimum absolute atomic E-state index is 0.0368. The third kappa shape index (κ3) is 3.42. The Kier molecular flexibility index (Phi) is 4.96. The molecule has 1 N–H and O–H groups in total. The van der Waals surface area contributed by atoms with Crippen LogP contribution in [0.4, 0.5) is 11.5 Å². The summed E-state index contributed by atoms with van der Waals surface area (Å²) < 4.78 is 12.1. The zero-order valence-electron chi connectivity index (χ0n) is 15.9. The number of fused-ring (bicyclic) bond motifs is 1. The van der Waals surface area contributed by atoms with Crippen LogP contribution in [0.15, 0.2) is 30.7 Å². The Morgan fingerprint density at radius 2 is 2.00 bits per heavy atom. The quantitative estimate of drug-likeness (QED) is 0.697. The largest absolute Gasteiger partial charge is 0.497 e. The highest BCUT2D eigenvalue weighted by atomic mass is 16.5. The first-order valence-corrected chi connectivity index (χ1v) is 9.13. The summed E-state index contributed by atoms with van der Waals surface area (Å²) in [5.74, 6) is 1.83. The Balaban J connectivity index is 1.54. The molecule has 0 bridgehead atoms. The standard InChI is InChI=1S/C19H22N6O3/c1-27-13-5-6-15(16(9-13)28-2)23-17(26)11-25-19-14(10-22-25)18(20-12-21-19)24-7-3-4-8-24/h5-6,9-10,12H,3-4,7-8,11H2,1-2H3,(H,23,26). The van der Waals surface area contributed by atoms with Gasteiger partial charge in [0.05, 0.1) is 31.5 Å². The molecule has 1 amide bonds. The average Bonchev–Trinajstić information content (AvgIpc) is 3.38. The van der Waals surface area contributed by atoms with Gasteiger partial charge < -0.3 is 19.7 Å². The van der Waals surface area contributed by atoms with Crippen LogP contribution < -0.4 is 19.7 Å². The number of benzene rings is 1. The lowest BCUT2D eigenvalue weighted by molar-refractivity contribution is -0.116. The highest BCUT2D eigenvalue weighted by molar-refractivity contribution is 5.94. The number of nitrogens with one attached hydrogen (secondary N) is 1. The molecular weight excluding hydrogens is 360 g/mol. The summed E-state index contributed by atoms with van der Waals surface area (Å²) in [7, 11) is 3.12. The number of hydrogen-bond acceptors (Lipinski definition) is 7. The van der Waals surface area contributed by atoms with Gasteiger partial charge in [0.25, 0.3) is 0 Å². The first kappa shape index (κ1) is 18.0. The number of rotatable bonds is 6. The van der Waals surface area contributed by atoms with Crippen LogP contribution in [0.3, 0.4) is 0 Å². The third-order valence-corrected chi connectivity index (χ3v) is 4.79. The predicted molar refractivity (Wildman–Crippen MR) is 105 cm³/mol. The van der Waals surface area contributed by atoms with Gasteiger partial charge in [0.15, 0.2) is 5.65 Å². The van der Waals surface area contributed by atoms with E-state index in [1.54, 1.807) is 43.3 Å². The van der Waals surface area contributed by atoms with E-state index < -0.39 is 0 Å². The maximum Gasteiger partial charge on any atom is 0.246 e. The Morgan fingerprint density at radius 3 is 2.75 bits per heavy atom. The summed E-state index contributed by atoms with van der Waals surface area (Å²) in [6.45, 7) is 2.00. The second-order valence-electron chi connectivity index (χ2n) is 6.55. The maximum absolute atomic E-state index is 12.6. The summed E-state index contributed by atoms with van der Waals surface area (Å²) in [5, 5.41) is 8.07. The number of anilines is 2. The molecule has 2 aromatic heterocycles. The molecule has 0 unspecified atom stereocenters. The second kappa shape index (κ2) is 7.71. The molecule has 0 spiro atoms. The van der Waals surface area contributed by atoms with Crippen LogP contribution >= 0.6 is 0 Å². The van der Waals surface area contributed by atoms with Crippen molar-refractivity contribution in [2.75, 3.05) is 37.5 Å². The van der Waals surface area contributed by atoms with Crippen molar-refractivity contribution in [1.29, 1.82) is 0 Å². The first-order valence-electron chi connectivity index (χ1n) is 9.13. The summed E-state index contributed by atoms with van der Waals surface area (Å²) in [6.07, 6.45) is 5.57. The van der Waals surface area contributed by atoms with Crippen molar-refractivity contribution < 1.29 is 14.3 Å². The minimum Gasteiger partial charge on any atom is -0.497 e. The van der Waals surface area contributed by atoms with Gasteiger partial charge in [-0.3, -0.25) is 4.79 Å². The molecule has 0 saturated carbocycles. The number of ether oxygens (including phenoxy) is 2. The molecule has 1 aliphatic rings. The molecule has 3 aromatic rings. The van der Waals surface area contributed by atoms with Crippen LogP contribution in [0, 0.1) is 0 Å². The van der Waals surface area contributed by atoms with E-state index in [0.29, 0.717) is 22.8 Å². The van der Waals surface area contributed by atoms with Crippen LogP contribution in [0.1, 0.15) is 12.8 Å². The number of carbonyl (C=O) groups excluding carboxylic acids is 1. The topological polar surface area (TPSA) is 94.4 Å². The molecule has 1 fully saturated rings. The number of aromatic nitrogens is 4. The molecule has 0 aliphatic carbocycles. The molecule has 1 aromatic carbocycles. The fourth-order valence-corrected chi connectivity index (χ4v) is 3.40. The van der Waals surface area contributed by atoms with Crippen molar-refractivity contribution in [3.8, 4) is 11.5 Å². The molecule has 146 valence electrons. The number of hydrogen-bond donors (Lipinski definition) is 1. The maximum atomic E-state index is 12.6. The normalized spacial score (nSPS) is 13.7. The van der Waals surface area contributed by atoms with Gasteiger partial charge in [-0.15, -0.1) is 0 Å². The molecule has 3 heterocycles. The van der Waals surface area contributed by atoms with Crippen LogP contribution in [0.5, 0.6) is 11.5 Å². The van der Waals surface area contributed by atoms with Crippen molar-refractivity contribution in [3.63, 3.8) is 0 Å². The van der Waals surface area contributed by atoms with Crippen LogP contribution in [0.25, 0.3) is 11.0 Å². The summed E-state index contributed by atoms with van der Waals surface area (Å²) in [4.78, 5) is 23.6. The van der Waals surface area contributed by atoms with E-state index in [1.807, 2.05) is 0 Å². The van der Waals surface area contributed by atoms with Gasteiger partial charge in [0, 0.05) is 19.2 Å². The van der Waals surface area contributed by atoms with Crippen molar-refractivity contribution in [2.45, 2.75) is 19.4 Å². The van der Waals surface area contributed by atoms with E-state index >= 15 is 0 Å². The monoisotopic (exact) mass is 382 g/mol. The second-order valence-corrected chi connectivity index (χ2v) is 6.55. The van der Waals surface area contributed by atoms with E-state index in [9.17, 15) is 4.79 Å². The van der Waals surface area contributed by atoms with E-state index in [0.717, 1.165) is 37.1 Å². The number of methoxy groups -OCH3 is 2. The Hall–Kier alpha value is -3.36. The van der Waals surface area contributed by atoms with Crippen molar-refractivity contribution in [3.05, 3.63) is 30.7 Å². The van der Waals surface area contributed by atoms with Gasteiger partial charge in [-0.05, 0) is 25.0 Å². The predicted octanol–water partition coefficient (Wildman–Crippen LogP) is 2.08. The van der Waals surface area contributed by atoms with E-state index in [-0.39, 0.29) is 12.5 Å². The minimum atomic E-state index is -0.227. The van der Waals surface area contributed by atoms with E-state index in [1.165, 1.54) is 6.33 Å². The molecule has 0 atom stereocenters. The van der Waals surface area contributed by atoms with Gasteiger partial charge in [-0.25, -0.2) is 14.6 Å². The molecule has 9 nitrogen and oxygen atoms in total. The van der Waals surface area contributed by atoms with E-state index in [2.05, 4.69) is 25.3 Å². The molecule has 1 aliphatic heterocycles. The van der Waals surface area contributed by atoms with Gasteiger partial charge in [0.1, 0.15) is 30.2 Å². The highest BCUT2D eigenvalue weighted by Crippen LogP contribution is 2.29. The van der Waals surface area contributed by atoms with Gasteiger partial charge >= 0.3 is 0 Å². The van der Waals surface area contributed by atoms with Crippen molar-refractivity contribution >= 4 is 28.4 Å². The van der Waals surface area contributed by atoms with Crippen LogP contribution in [-0.4, -0.2) is 53.0 Å². The molecule has 9 heteroatoms. The van der Waals surface area contributed by atoms with Gasteiger partial charge in [0.2, 0.25) is 5.91 Å². The van der Waals surface area contributed by atoms with E-state index in [4.69, 9.17) is 9.47 Å². The Labute approximate surface area is 162 Å². The highest BCUT2D eigenvalue weighted by Gasteiger charge is 2.19. The summed E-state index contributed by atoms with van der Waals surface area (Å²) in [5.41, 5.74) is 1.21. The average molecular weight is 382 g/mol. The first-order chi connectivity index (χ1) is 13.7. The zero-order chi connectivity index (χ0) is 19.5. The van der Waals surface area contributed by atoms with Crippen LogP contribution in [0.2, 0.25) is 0 Å². The number of amides is 1. The van der Waals surface area contributed by atoms with Crippen LogP contribution in [-0.2, 0) is 11.3 Å². The zero-order valence-corrected chi connectivity index (χ0v) is 15.9. The lowest BCUT2D eigenvalue weighted by atomic mass is 10.2.